The number of nitrogens with zero attached hydrogens (tertiary/aromatic N) is 3. The van der Waals surface area contributed by atoms with Crippen LogP contribution < -0.4 is 0 Å². The average Bonchev–Trinajstić information content (AvgIpc) is 2.41. The number of hydrogen-bond acceptors (Lipinski definition) is 3. The standard InChI is InChI=1S/C13H30BrF3N3P/c1-7-18(8-2)21(14,13(15,16)17,19(9-3)10-4)20(11-5)12-6/h7-12H2,1-6H3. The molecule has 0 aliphatic carbocycles. The van der Waals surface area contributed by atoms with Crippen molar-refractivity contribution in [3.63, 3.8) is 0 Å². The first-order valence-electron chi connectivity index (χ1n) is 7.70. The van der Waals surface area contributed by atoms with Gasteiger partial charge in [0.2, 0.25) is 0 Å². The molecule has 0 saturated heterocycles. The number of rotatable bonds is 9. The Hall–Kier alpha value is 0.580. The summed E-state index contributed by atoms with van der Waals surface area (Å²) in [6, 6.07) is 0. The summed E-state index contributed by atoms with van der Waals surface area (Å²) in [6.45, 7) is 12.9. The molecule has 0 atom stereocenters. The van der Waals surface area contributed by atoms with Crippen molar-refractivity contribution in [3.05, 3.63) is 0 Å². The third-order valence-corrected chi connectivity index (χ3v) is 15.0. The first-order valence-corrected chi connectivity index (χ1v) is 11.8. The second-order valence-corrected chi connectivity index (χ2v) is 12.6. The molecular formula is C13H30BrF3N3P. The van der Waals surface area contributed by atoms with E-state index in [1.165, 1.54) is 0 Å². The minimum absolute atomic E-state index is 0.353. The molecule has 0 radical (unpaired) electrons. The molecule has 0 saturated carbocycles. The van der Waals surface area contributed by atoms with Crippen molar-refractivity contribution >= 4 is 21.2 Å². The van der Waals surface area contributed by atoms with Gasteiger partial charge in [-0.25, -0.2) is 0 Å². The van der Waals surface area contributed by atoms with Gasteiger partial charge >= 0.3 is 135 Å². The molecule has 0 spiro atoms. The first kappa shape index (κ1) is 21.6. The summed E-state index contributed by atoms with van der Waals surface area (Å²) >= 11 is 3.36. The molecule has 0 amide bonds. The zero-order valence-corrected chi connectivity index (χ0v) is 16.5. The summed E-state index contributed by atoms with van der Waals surface area (Å²) in [6.07, 6.45) is 0. The van der Waals surface area contributed by atoms with Crippen LogP contribution >= 0.6 is 21.2 Å². The summed E-state index contributed by atoms with van der Waals surface area (Å²) in [7, 11) is 0. The van der Waals surface area contributed by atoms with Crippen LogP contribution in [0.3, 0.4) is 0 Å². The van der Waals surface area contributed by atoms with Gasteiger partial charge in [0.05, 0.1) is 0 Å². The fraction of sp³-hybridized carbons (Fsp3) is 1.00. The summed E-state index contributed by atoms with van der Waals surface area (Å²) in [4.78, 5) is 0. The molecule has 0 fully saturated rings. The van der Waals surface area contributed by atoms with Crippen LogP contribution in [-0.2, 0) is 0 Å². The van der Waals surface area contributed by atoms with Crippen LogP contribution in [0.2, 0.25) is 0 Å². The molecule has 0 aromatic carbocycles. The second-order valence-electron chi connectivity index (χ2n) is 4.76. The van der Waals surface area contributed by atoms with E-state index in [4.69, 9.17) is 0 Å². The summed E-state index contributed by atoms with van der Waals surface area (Å²) in [5.41, 5.74) is 0. The third-order valence-electron chi connectivity index (χ3n) is 4.13. The van der Waals surface area contributed by atoms with E-state index >= 15 is 0 Å². The van der Waals surface area contributed by atoms with Crippen molar-refractivity contribution in [3.8, 4) is 0 Å². The van der Waals surface area contributed by atoms with E-state index in [0.717, 1.165) is 0 Å². The van der Waals surface area contributed by atoms with E-state index in [1.54, 1.807) is 55.6 Å². The van der Waals surface area contributed by atoms with Crippen LogP contribution in [-0.4, -0.2) is 59.2 Å². The zero-order chi connectivity index (χ0) is 16.9. The van der Waals surface area contributed by atoms with Crippen LogP contribution in [0, 0.1) is 0 Å². The molecule has 130 valence electrons. The molecule has 0 bridgehead atoms. The molecule has 0 aromatic rings. The Labute approximate surface area is 135 Å². The molecule has 0 rings (SSSR count). The molecule has 0 aromatic heterocycles. The van der Waals surface area contributed by atoms with Crippen molar-refractivity contribution in [1.29, 1.82) is 0 Å². The van der Waals surface area contributed by atoms with Gasteiger partial charge in [0.1, 0.15) is 0 Å². The van der Waals surface area contributed by atoms with E-state index in [-0.39, 0.29) is 0 Å². The Morgan fingerprint density at radius 3 is 0.952 bits per heavy atom. The number of hydrogen-bond donors (Lipinski definition) is 0. The molecule has 0 N–H and O–H groups in total. The Bertz CT molecular complexity index is 282. The van der Waals surface area contributed by atoms with Gasteiger partial charge in [-0.3, -0.25) is 0 Å². The molecule has 3 nitrogen and oxygen atoms in total. The van der Waals surface area contributed by atoms with Gasteiger partial charge in [0.25, 0.3) is 0 Å². The van der Waals surface area contributed by atoms with E-state index in [2.05, 4.69) is 15.5 Å². The van der Waals surface area contributed by atoms with Crippen molar-refractivity contribution in [2.45, 2.75) is 47.5 Å². The van der Waals surface area contributed by atoms with Crippen molar-refractivity contribution in [2.24, 2.45) is 0 Å². The summed E-state index contributed by atoms with van der Waals surface area (Å²) in [5.74, 6) is -8.93. The van der Waals surface area contributed by atoms with Crippen LogP contribution in [0.15, 0.2) is 0 Å². The Morgan fingerprint density at radius 2 is 0.857 bits per heavy atom. The molecule has 0 unspecified atom stereocenters. The predicted octanol–water partition coefficient (Wildman–Crippen LogP) is 5.14. The van der Waals surface area contributed by atoms with E-state index in [0.29, 0.717) is 39.3 Å². The van der Waals surface area contributed by atoms with Crippen molar-refractivity contribution in [1.82, 2.24) is 14.0 Å². The fourth-order valence-electron chi connectivity index (χ4n) is 3.19. The van der Waals surface area contributed by atoms with Crippen molar-refractivity contribution in [2.75, 3.05) is 39.3 Å². The Kier molecular flexibility index (Phi) is 8.13. The molecule has 8 heteroatoms. The molecule has 0 aliphatic rings. The number of halogens is 4. The van der Waals surface area contributed by atoms with Gasteiger partial charge < -0.3 is 0 Å². The molecule has 21 heavy (non-hydrogen) atoms. The monoisotopic (exact) mass is 395 g/mol. The zero-order valence-electron chi connectivity index (χ0n) is 14.0. The van der Waals surface area contributed by atoms with E-state index < -0.39 is 11.7 Å². The van der Waals surface area contributed by atoms with Gasteiger partial charge in [-0.05, 0) is 0 Å². The maximum atomic E-state index is 14.5. The van der Waals surface area contributed by atoms with Crippen LogP contribution in [0.1, 0.15) is 41.5 Å². The molecule has 0 heterocycles. The van der Waals surface area contributed by atoms with Crippen LogP contribution in [0.5, 0.6) is 0 Å². The molecular weight excluding hydrogens is 366 g/mol. The van der Waals surface area contributed by atoms with Crippen LogP contribution in [0.25, 0.3) is 0 Å². The van der Waals surface area contributed by atoms with Gasteiger partial charge in [-0.1, -0.05) is 0 Å². The van der Waals surface area contributed by atoms with Crippen LogP contribution in [0.4, 0.5) is 13.2 Å². The minimum atomic E-state index is -4.58. The fourth-order valence-corrected chi connectivity index (χ4v) is 12.3. The second kappa shape index (κ2) is 7.91. The quantitative estimate of drug-likeness (QED) is 0.500. The summed E-state index contributed by atoms with van der Waals surface area (Å²) in [5, 5.41) is 0. The SMILES string of the molecule is CCN(CC)P(Br)(N(CC)CC)(N(CC)CC)C(F)(F)F. The van der Waals surface area contributed by atoms with Gasteiger partial charge in [0, 0.05) is 0 Å². The third kappa shape index (κ3) is 3.01. The van der Waals surface area contributed by atoms with Crippen molar-refractivity contribution < 1.29 is 13.2 Å². The van der Waals surface area contributed by atoms with Gasteiger partial charge in [-0.2, -0.15) is 0 Å². The van der Waals surface area contributed by atoms with E-state index in [1.807, 2.05) is 0 Å². The van der Waals surface area contributed by atoms with E-state index in [9.17, 15) is 13.2 Å². The van der Waals surface area contributed by atoms with Gasteiger partial charge in [-0.15, -0.1) is 0 Å². The molecule has 0 aliphatic heterocycles. The summed E-state index contributed by atoms with van der Waals surface area (Å²) < 4.78 is 48.3. The topological polar surface area (TPSA) is 9.72 Å². The maximum absolute atomic E-state index is 14.5. The average molecular weight is 396 g/mol. The normalized spacial score (nSPS) is 15.8. The Balaban J connectivity index is 6.63. The number of alkyl halides is 3. The Morgan fingerprint density at radius 1 is 0.667 bits per heavy atom. The predicted molar refractivity (Wildman–Crippen MR) is 90.7 cm³/mol. The first-order chi connectivity index (χ1) is 9.64. The van der Waals surface area contributed by atoms with Gasteiger partial charge in [0.15, 0.2) is 0 Å².